The minimum atomic E-state index is -0.199. The van der Waals surface area contributed by atoms with Crippen molar-refractivity contribution in [1.29, 1.82) is 0 Å². The van der Waals surface area contributed by atoms with Crippen molar-refractivity contribution < 1.29 is 9.49 Å². The molecule has 15 heavy (non-hydrogen) atoms. The average Bonchev–Trinajstić information content (AvgIpc) is 2.31. The molecule has 0 unspecified atom stereocenters. The Kier molecular flexibility index (Phi) is 3.45. The first-order valence-corrected chi connectivity index (χ1v) is 6.00. The molecule has 1 aromatic rings. The Hall–Kier alpha value is -1.23. The van der Waals surface area contributed by atoms with Gasteiger partial charge >= 0.3 is 5.91 Å². The molecule has 0 N–H and O–H groups in total. The highest BCUT2D eigenvalue weighted by Crippen LogP contribution is 2.07. The smallest absolute Gasteiger partial charge is 0.264 e. The zero-order valence-electron chi connectivity index (χ0n) is 8.30. The monoisotopic (exact) mass is 222 g/mol. The molecule has 0 aromatic carbocycles. The SMILES string of the molecule is O=C(N=[N+]1CCSCC1)c1cccnc1. The molecule has 0 radical (unpaired) electrons. The molecule has 4 nitrogen and oxygen atoms in total. The van der Waals surface area contributed by atoms with Crippen LogP contribution in [0.2, 0.25) is 0 Å². The number of carbonyl (C=O) groups is 1. The molecular formula is C10H12N3OS+. The van der Waals surface area contributed by atoms with Gasteiger partial charge in [0.1, 0.15) is 0 Å². The summed E-state index contributed by atoms with van der Waals surface area (Å²) in [6.07, 6.45) is 3.19. The third kappa shape index (κ3) is 2.86. The minimum Gasteiger partial charge on any atom is -0.264 e. The molecule has 2 rings (SSSR count). The molecule has 5 heteroatoms. The van der Waals surface area contributed by atoms with Gasteiger partial charge in [0.05, 0.1) is 17.1 Å². The van der Waals surface area contributed by atoms with Crippen LogP contribution in [0.3, 0.4) is 0 Å². The van der Waals surface area contributed by atoms with Gasteiger partial charge < -0.3 is 0 Å². The van der Waals surface area contributed by atoms with E-state index in [4.69, 9.17) is 0 Å². The number of carbonyl (C=O) groups excluding carboxylic acids is 1. The van der Waals surface area contributed by atoms with Crippen molar-refractivity contribution in [3.63, 3.8) is 0 Å². The van der Waals surface area contributed by atoms with E-state index >= 15 is 0 Å². The highest BCUT2D eigenvalue weighted by atomic mass is 32.2. The molecule has 0 aliphatic carbocycles. The molecule has 0 saturated carbocycles. The lowest BCUT2D eigenvalue weighted by molar-refractivity contribution is -0.582. The van der Waals surface area contributed by atoms with Gasteiger partial charge in [0.2, 0.25) is 0 Å². The normalized spacial score (nSPS) is 16.1. The number of thioether (sulfide) groups is 1. The molecular weight excluding hydrogens is 210 g/mol. The average molecular weight is 222 g/mol. The fraction of sp³-hybridized carbons (Fsp3) is 0.400. The van der Waals surface area contributed by atoms with Gasteiger partial charge in [-0.2, -0.15) is 0 Å². The summed E-state index contributed by atoms with van der Waals surface area (Å²) >= 11 is 1.90. The van der Waals surface area contributed by atoms with Gasteiger partial charge in [0, 0.05) is 17.5 Å². The highest BCUT2D eigenvalue weighted by Gasteiger charge is 2.16. The minimum absolute atomic E-state index is 0.199. The van der Waals surface area contributed by atoms with Crippen molar-refractivity contribution in [2.24, 2.45) is 5.11 Å². The van der Waals surface area contributed by atoms with E-state index in [9.17, 15) is 4.79 Å². The Morgan fingerprint density at radius 2 is 2.27 bits per heavy atom. The molecule has 78 valence electrons. The zero-order valence-corrected chi connectivity index (χ0v) is 9.11. The summed E-state index contributed by atoms with van der Waals surface area (Å²) in [5.74, 6) is 1.89. The quantitative estimate of drug-likeness (QED) is 0.675. The van der Waals surface area contributed by atoms with Crippen molar-refractivity contribution in [3.05, 3.63) is 30.1 Å². The van der Waals surface area contributed by atoms with Crippen LogP contribution < -0.4 is 0 Å². The van der Waals surface area contributed by atoms with E-state index < -0.39 is 0 Å². The van der Waals surface area contributed by atoms with Crippen LogP contribution in [0.5, 0.6) is 0 Å². The largest absolute Gasteiger partial charge is 0.340 e. The van der Waals surface area contributed by atoms with Gasteiger partial charge in [0.25, 0.3) is 0 Å². The lowest BCUT2D eigenvalue weighted by atomic mass is 10.3. The number of hydrogen-bond acceptors (Lipinski definition) is 3. The fourth-order valence-corrected chi connectivity index (χ4v) is 2.21. The van der Waals surface area contributed by atoms with Crippen molar-refractivity contribution in [3.8, 4) is 0 Å². The van der Waals surface area contributed by atoms with E-state index in [2.05, 4.69) is 10.1 Å². The summed E-state index contributed by atoms with van der Waals surface area (Å²) < 4.78 is 1.84. The Bertz CT molecular complexity index is 370. The van der Waals surface area contributed by atoms with Gasteiger partial charge in [-0.1, -0.05) is 0 Å². The first-order valence-electron chi connectivity index (χ1n) is 4.85. The van der Waals surface area contributed by atoms with Gasteiger partial charge in [-0.3, -0.25) is 9.78 Å². The second-order valence-corrected chi connectivity index (χ2v) is 4.44. The summed E-state index contributed by atoms with van der Waals surface area (Å²) in [7, 11) is 0. The van der Waals surface area contributed by atoms with Gasteiger partial charge in [-0.15, -0.1) is 16.5 Å². The number of azo groups is 2. The van der Waals surface area contributed by atoms with Crippen LogP contribution in [0, 0.1) is 0 Å². The Labute approximate surface area is 92.4 Å². The lowest BCUT2D eigenvalue weighted by Crippen LogP contribution is -2.23. The summed E-state index contributed by atoms with van der Waals surface area (Å²) in [5, 5.41) is 4.05. The van der Waals surface area contributed by atoms with Crippen LogP contribution in [0.1, 0.15) is 10.4 Å². The molecule has 0 bridgehead atoms. The summed E-state index contributed by atoms with van der Waals surface area (Å²) in [5.41, 5.74) is 0.552. The molecule has 1 amide bonds. The van der Waals surface area contributed by atoms with E-state index in [1.807, 2.05) is 16.5 Å². The summed E-state index contributed by atoms with van der Waals surface area (Å²) in [6, 6.07) is 3.48. The fourth-order valence-electron chi connectivity index (χ4n) is 1.33. The molecule has 1 aliphatic rings. The number of rotatable bonds is 1. The standard InChI is InChI=1S/C10H12N3OS/c14-10(9-2-1-3-11-8-9)12-13-4-6-15-7-5-13/h1-3,8H,4-7H2/q+1. The third-order valence-electron chi connectivity index (χ3n) is 2.13. The van der Waals surface area contributed by atoms with Crippen LogP contribution >= 0.6 is 11.8 Å². The molecule has 1 aromatic heterocycles. The van der Waals surface area contributed by atoms with E-state index in [0.717, 1.165) is 24.6 Å². The summed E-state index contributed by atoms with van der Waals surface area (Å²) in [4.78, 5) is 15.6. The van der Waals surface area contributed by atoms with Crippen LogP contribution in [0.15, 0.2) is 29.6 Å². The summed E-state index contributed by atoms with van der Waals surface area (Å²) in [6.45, 7) is 1.72. The van der Waals surface area contributed by atoms with E-state index in [0.29, 0.717) is 5.56 Å². The Balaban J connectivity index is 2.08. The second-order valence-electron chi connectivity index (χ2n) is 3.21. The van der Waals surface area contributed by atoms with Gasteiger partial charge in [-0.05, 0) is 12.1 Å². The maximum absolute atomic E-state index is 11.7. The first kappa shape index (κ1) is 10.3. The second kappa shape index (κ2) is 5.02. The Morgan fingerprint density at radius 3 is 2.93 bits per heavy atom. The number of nitrogens with zero attached hydrogens (tertiary/aromatic N) is 3. The van der Waals surface area contributed by atoms with E-state index in [1.54, 1.807) is 24.5 Å². The third-order valence-corrected chi connectivity index (χ3v) is 3.07. The van der Waals surface area contributed by atoms with Gasteiger partial charge in [0.15, 0.2) is 13.1 Å². The van der Waals surface area contributed by atoms with E-state index in [-0.39, 0.29) is 5.91 Å². The first-order chi connectivity index (χ1) is 7.36. The molecule has 0 spiro atoms. The molecule has 1 saturated heterocycles. The predicted molar refractivity (Wildman–Crippen MR) is 58.3 cm³/mol. The Morgan fingerprint density at radius 1 is 1.47 bits per heavy atom. The van der Waals surface area contributed by atoms with Crippen molar-refractivity contribution in [2.75, 3.05) is 24.6 Å². The molecule has 1 aliphatic heterocycles. The van der Waals surface area contributed by atoms with Crippen molar-refractivity contribution >= 4 is 17.7 Å². The van der Waals surface area contributed by atoms with Crippen molar-refractivity contribution in [2.45, 2.75) is 0 Å². The maximum atomic E-state index is 11.7. The van der Waals surface area contributed by atoms with Crippen molar-refractivity contribution in [1.82, 2.24) is 4.98 Å². The number of aromatic nitrogens is 1. The molecule has 0 atom stereocenters. The lowest BCUT2D eigenvalue weighted by Gasteiger charge is -2.05. The van der Waals surface area contributed by atoms with Crippen LogP contribution in [-0.2, 0) is 0 Å². The molecule has 2 heterocycles. The zero-order chi connectivity index (χ0) is 10.5. The van der Waals surface area contributed by atoms with Crippen LogP contribution in [0.4, 0.5) is 0 Å². The number of pyridine rings is 1. The van der Waals surface area contributed by atoms with E-state index in [1.165, 1.54) is 0 Å². The van der Waals surface area contributed by atoms with Gasteiger partial charge in [-0.25, -0.2) is 0 Å². The number of hydrogen-bond donors (Lipinski definition) is 0. The topological polar surface area (TPSA) is 45.3 Å². The number of amides is 1. The maximum Gasteiger partial charge on any atom is 0.340 e. The molecule has 1 fully saturated rings. The predicted octanol–water partition coefficient (Wildman–Crippen LogP) is 1.43. The van der Waals surface area contributed by atoms with Crippen LogP contribution in [0.25, 0.3) is 0 Å². The van der Waals surface area contributed by atoms with Crippen LogP contribution in [-0.4, -0.2) is 40.2 Å². The highest BCUT2D eigenvalue weighted by molar-refractivity contribution is 7.99.